The molecule has 1 aromatic carbocycles. The summed E-state index contributed by atoms with van der Waals surface area (Å²) in [6.45, 7) is 5.60. The first-order chi connectivity index (χ1) is 8.43. The minimum atomic E-state index is -0.306. The van der Waals surface area contributed by atoms with Crippen molar-refractivity contribution in [2.24, 2.45) is 0 Å². The highest BCUT2D eigenvalue weighted by Crippen LogP contribution is 2.30. The van der Waals surface area contributed by atoms with E-state index >= 15 is 0 Å². The molecule has 0 amide bonds. The van der Waals surface area contributed by atoms with Crippen molar-refractivity contribution >= 4 is 23.3 Å². The smallest absolute Gasteiger partial charge is 0.325 e. The Bertz CT molecular complexity index is 432. The van der Waals surface area contributed by atoms with Crippen molar-refractivity contribution in [3.05, 3.63) is 22.7 Å². The van der Waals surface area contributed by atoms with E-state index < -0.39 is 0 Å². The average molecular weight is 272 g/mol. The molecule has 0 bridgehead atoms. The van der Waals surface area contributed by atoms with Gasteiger partial charge in [0.1, 0.15) is 12.3 Å². The van der Waals surface area contributed by atoms with E-state index in [9.17, 15) is 4.79 Å². The fourth-order valence-corrected chi connectivity index (χ4v) is 1.60. The number of halogens is 1. The Hall–Kier alpha value is -1.42. The van der Waals surface area contributed by atoms with Crippen molar-refractivity contribution < 1.29 is 14.3 Å². The number of esters is 1. The van der Waals surface area contributed by atoms with Gasteiger partial charge in [-0.1, -0.05) is 11.6 Å². The van der Waals surface area contributed by atoms with Crippen molar-refractivity contribution in [2.75, 3.05) is 19.0 Å². The van der Waals surface area contributed by atoms with Gasteiger partial charge in [-0.25, -0.2) is 0 Å². The van der Waals surface area contributed by atoms with Crippen molar-refractivity contribution in [2.45, 2.75) is 26.9 Å². The lowest BCUT2D eigenvalue weighted by molar-refractivity contribution is -0.145. The topological polar surface area (TPSA) is 47.6 Å². The number of rotatable bonds is 5. The zero-order valence-corrected chi connectivity index (χ0v) is 11.8. The zero-order chi connectivity index (χ0) is 13.7. The van der Waals surface area contributed by atoms with Crippen LogP contribution in [0.5, 0.6) is 5.75 Å². The molecule has 0 spiro atoms. The maximum absolute atomic E-state index is 11.4. The SMILES string of the molecule is COc1cc(Cl)c(C)cc1NCC(=O)OC(C)C. The van der Waals surface area contributed by atoms with Crippen LogP contribution in [0.25, 0.3) is 0 Å². The van der Waals surface area contributed by atoms with Gasteiger partial charge in [0.2, 0.25) is 0 Å². The molecule has 0 atom stereocenters. The van der Waals surface area contributed by atoms with E-state index in [1.807, 2.05) is 26.8 Å². The van der Waals surface area contributed by atoms with Gasteiger partial charge < -0.3 is 14.8 Å². The third-order valence-corrected chi connectivity index (χ3v) is 2.68. The molecule has 0 aliphatic rings. The second-order valence-corrected chi connectivity index (χ2v) is 4.60. The van der Waals surface area contributed by atoms with E-state index in [2.05, 4.69) is 5.32 Å². The maximum atomic E-state index is 11.4. The van der Waals surface area contributed by atoms with Crippen LogP contribution in [0, 0.1) is 6.92 Å². The van der Waals surface area contributed by atoms with Gasteiger partial charge in [-0.3, -0.25) is 4.79 Å². The lowest BCUT2D eigenvalue weighted by Gasteiger charge is -2.13. The number of ether oxygens (including phenoxy) is 2. The molecule has 0 saturated heterocycles. The number of carbonyl (C=O) groups excluding carboxylic acids is 1. The van der Waals surface area contributed by atoms with Gasteiger partial charge in [-0.2, -0.15) is 0 Å². The van der Waals surface area contributed by atoms with Gasteiger partial charge in [0.05, 0.1) is 18.9 Å². The Kier molecular flexibility index (Phi) is 5.28. The lowest BCUT2D eigenvalue weighted by atomic mass is 10.2. The summed E-state index contributed by atoms with van der Waals surface area (Å²) in [5.74, 6) is 0.294. The fourth-order valence-electron chi connectivity index (χ4n) is 1.44. The molecule has 4 nitrogen and oxygen atoms in total. The minimum absolute atomic E-state index is 0.0929. The van der Waals surface area contributed by atoms with Crippen LogP contribution >= 0.6 is 11.6 Å². The maximum Gasteiger partial charge on any atom is 0.325 e. The summed E-state index contributed by atoms with van der Waals surface area (Å²) in [6.07, 6.45) is -0.117. The van der Waals surface area contributed by atoms with Crippen LogP contribution in [0.3, 0.4) is 0 Å². The molecule has 0 aromatic heterocycles. The van der Waals surface area contributed by atoms with Gasteiger partial charge in [0, 0.05) is 11.1 Å². The molecule has 0 fully saturated rings. The fraction of sp³-hybridized carbons (Fsp3) is 0.462. The first kappa shape index (κ1) is 14.6. The van der Waals surface area contributed by atoms with Crippen molar-refractivity contribution in [1.29, 1.82) is 0 Å². The van der Waals surface area contributed by atoms with E-state index in [1.165, 1.54) is 0 Å². The predicted molar refractivity (Wildman–Crippen MR) is 72.5 cm³/mol. The van der Waals surface area contributed by atoms with Crippen LogP contribution in [-0.4, -0.2) is 25.7 Å². The molecule has 18 heavy (non-hydrogen) atoms. The Morgan fingerprint density at radius 2 is 2.11 bits per heavy atom. The highest BCUT2D eigenvalue weighted by Gasteiger charge is 2.10. The monoisotopic (exact) mass is 271 g/mol. The number of aryl methyl sites for hydroxylation is 1. The lowest BCUT2D eigenvalue weighted by Crippen LogP contribution is -2.20. The number of carbonyl (C=O) groups is 1. The molecule has 1 aromatic rings. The zero-order valence-electron chi connectivity index (χ0n) is 11.0. The highest BCUT2D eigenvalue weighted by atomic mass is 35.5. The summed E-state index contributed by atoms with van der Waals surface area (Å²) in [4.78, 5) is 11.4. The van der Waals surface area contributed by atoms with Gasteiger partial charge >= 0.3 is 5.97 Å². The number of hydrogen-bond donors (Lipinski definition) is 1. The highest BCUT2D eigenvalue weighted by molar-refractivity contribution is 6.31. The third-order valence-electron chi connectivity index (χ3n) is 2.27. The molecule has 0 heterocycles. The van der Waals surface area contributed by atoms with E-state index in [0.29, 0.717) is 10.8 Å². The number of methoxy groups -OCH3 is 1. The van der Waals surface area contributed by atoms with E-state index in [0.717, 1.165) is 11.3 Å². The van der Waals surface area contributed by atoms with Crippen LogP contribution in [0.1, 0.15) is 19.4 Å². The van der Waals surface area contributed by atoms with Crippen molar-refractivity contribution in [3.8, 4) is 5.75 Å². The Balaban J connectivity index is 2.72. The average Bonchev–Trinajstić information content (AvgIpc) is 2.29. The number of nitrogens with one attached hydrogen (secondary N) is 1. The second-order valence-electron chi connectivity index (χ2n) is 4.19. The van der Waals surface area contributed by atoms with Crippen LogP contribution < -0.4 is 10.1 Å². The predicted octanol–water partition coefficient (Wildman–Crippen LogP) is 3.02. The molecule has 1 N–H and O–H groups in total. The summed E-state index contributed by atoms with van der Waals surface area (Å²) in [7, 11) is 1.55. The van der Waals surface area contributed by atoms with Crippen LogP contribution in [0.15, 0.2) is 12.1 Å². The number of hydrogen-bond acceptors (Lipinski definition) is 4. The van der Waals surface area contributed by atoms with Gasteiger partial charge in [-0.15, -0.1) is 0 Å². The summed E-state index contributed by atoms with van der Waals surface area (Å²) < 4.78 is 10.2. The normalized spacial score (nSPS) is 10.3. The summed E-state index contributed by atoms with van der Waals surface area (Å²) in [6, 6.07) is 3.55. The van der Waals surface area contributed by atoms with Crippen LogP contribution in [-0.2, 0) is 9.53 Å². The van der Waals surface area contributed by atoms with Gasteiger partial charge in [-0.05, 0) is 32.4 Å². The molecule has 5 heteroatoms. The van der Waals surface area contributed by atoms with Crippen LogP contribution in [0.4, 0.5) is 5.69 Å². The molecule has 0 unspecified atom stereocenters. The minimum Gasteiger partial charge on any atom is -0.495 e. The third kappa shape index (κ3) is 4.11. The van der Waals surface area contributed by atoms with Crippen molar-refractivity contribution in [3.63, 3.8) is 0 Å². The van der Waals surface area contributed by atoms with Gasteiger partial charge in [0.15, 0.2) is 0 Å². The van der Waals surface area contributed by atoms with Crippen molar-refractivity contribution in [1.82, 2.24) is 0 Å². The summed E-state index contributed by atoms with van der Waals surface area (Å²) in [5.41, 5.74) is 1.64. The Labute approximate surface area is 112 Å². The molecule has 0 radical (unpaired) electrons. The Morgan fingerprint density at radius 3 is 2.67 bits per heavy atom. The van der Waals surface area contributed by atoms with Crippen LogP contribution in [0.2, 0.25) is 5.02 Å². The molecule has 0 saturated carbocycles. The number of benzene rings is 1. The Morgan fingerprint density at radius 1 is 1.44 bits per heavy atom. The van der Waals surface area contributed by atoms with Gasteiger partial charge in [0.25, 0.3) is 0 Å². The first-order valence-electron chi connectivity index (χ1n) is 5.71. The van der Waals surface area contributed by atoms with E-state index in [4.69, 9.17) is 21.1 Å². The summed E-state index contributed by atoms with van der Waals surface area (Å²) in [5, 5.41) is 3.61. The van der Waals surface area contributed by atoms with E-state index in [1.54, 1.807) is 13.2 Å². The molecule has 0 aliphatic heterocycles. The molecule has 100 valence electrons. The second kappa shape index (κ2) is 6.50. The van der Waals surface area contributed by atoms with E-state index in [-0.39, 0.29) is 18.6 Å². The standard InChI is InChI=1S/C13H18ClNO3/c1-8(2)18-13(16)7-15-11-5-9(3)10(14)6-12(11)17-4/h5-6,8,15H,7H2,1-4H3. The molecule has 0 aliphatic carbocycles. The molecular weight excluding hydrogens is 254 g/mol. The molecular formula is C13H18ClNO3. The largest absolute Gasteiger partial charge is 0.495 e. The number of anilines is 1. The summed E-state index contributed by atoms with van der Waals surface area (Å²) >= 11 is 6.00. The first-order valence-corrected chi connectivity index (χ1v) is 6.09. The molecule has 1 rings (SSSR count). The quantitative estimate of drug-likeness (QED) is 0.837.